The van der Waals surface area contributed by atoms with Crippen molar-refractivity contribution in [2.24, 2.45) is 0 Å². The summed E-state index contributed by atoms with van der Waals surface area (Å²) >= 11 is 4.56. The summed E-state index contributed by atoms with van der Waals surface area (Å²) in [5, 5.41) is 7.42. The number of esters is 1. The lowest BCUT2D eigenvalue weighted by Crippen LogP contribution is -2.28. The molecule has 0 bridgehead atoms. The predicted molar refractivity (Wildman–Crippen MR) is 92.4 cm³/mol. The summed E-state index contributed by atoms with van der Waals surface area (Å²) in [5.41, 5.74) is 1.33. The van der Waals surface area contributed by atoms with Crippen LogP contribution in [-0.4, -0.2) is 24.1 Å². The molecular formula is C15H15BrFN3O3S. The fourth-order valence-corrected chi connectivity index (χ4v) is 2.93. The van der Waals surface area contributed by atoms with Crippen LogP contribution in [0.15, 0.2) is 28.1 Å². The van der Waals surface area contributed by atoms with Crippen LogP contribution in [0.3, 0.4) is 0 Å². The Morgan fingerprint density at radius 1 is 1.42 bits per heavy atom. The number of aromatic nitrogens is 1. The molecule has 1 aromatic heterocycles. The topological polar surface area (TPSA) is 80.3 Å². The number of amides is 2. The minimum Gasteiger partial charge on any atom is -0.469 e. The molecule has 0 aliphatic heterocycles. The van der Waals surface area contributed by atoms with E-state index in [0.717, 1.165) is 0 Å². The summed E-state index contributed by atoms with van der Waals surface area (Å²) in [4.78, 5) is 27.2. The number of rotatable bonds is 6. The smallest absolute Gasteiger partial charge is 0.321 e. The number of carbonyl (C=O) groups excluding carboxylic acids is 2. The van der Waals surface area contributed by atoms with E-state index in [9.17, 15) is 14.0 Å². The zero-order valence-electron chi connectivity index (χ0n) is 12.8. The number of nitrogens with one attached hydrogen (secondary N) is 2. The monoisotopic (exact) mass is 415 g/mol. The molecule has 0 saturated heterocycles. The molecule has 0 unspecified atom stereocenters. The Kier molecular flexibility index (Phi) is 6.68. The van der Waals surface area contributed by atoms with Gasteiger partial charge in [-0.2, -0.15) is 0 Å². The predicted octanol–water partition coefficient (Wildman–Crippen LogP) is 3.47. The van der Waals surface area contributed by atoms with Gasteiger partial charge in [-0.1, -0.05) is 15.9 Å². The first-order chi connectivity index (χ1) is 11.5. The molecule has 0 spiro atoms. The number of nitrogens with zero attached hydrogens (tertiary/aromatic N) is 1. The summed E-state index contributed by atoms with van der Waals surface area (Å²) in [7, 11) is 1.33. The van der Waals surface area contributed by atoms with Crippen LogP contribution < -0.4 is 10.6 Å². The number of aryl methyl sites for hydroxylation is 1. The summed E-state index contributed by atoms with van der Waals surface area (Å²) in [6.07, 6.45) is 0.683. The molecule has 0 fully saturated rings. The van der Waals surface area contributed by atoms with E-state index in [2.05, 4.69) is 36.3 Å². The average Bonchev–Trinajstić information content (AvgIpc) is 3.00. The Bertz CT molecular complexity index is 739. The van der Waals surface area contributed by atoms with E-state index in [0.29, 0.717) is 27.3 Å². The molecular weight excluding hydrogens is 401 g/mol. The van der Waals surface area contributed by atoms with Crippen molar-refractivity contribution >= 4 is 44.4 Å². The third-order valence-corrected chi connectivity index (χ3v) is 4.61. The van der Waals surface area contributed by atoms with E-state index in [-0.39, 0.29) is 24.8 Å². The fourth-order valence-electron chi connectivity index (χ4n) is 1.81. The summed E-state index contributed by atoms with van der Waals surface area (Å²) in [5.74, 6) is -0.679. The zero-order valence-corrected chi connectivity index (χ0v) is 15.2. The summed E-state index contributed by atoms with van der Waals surface area (Å²) in [6.45, 7) is 0.171. The lowest BCUT2D eigenvalue weighted by Gasteiger charge is -2.07. The third kappa shape index (κ3) is 5.57. The number of hydrogen-bond donors (Lipinski definition) is 2. The molecule has 0 radical (unpaired) electrons. The highest BCUT2D eigenvalue weighted by Crippen LogP contribution is 2.18. The Balaban J connectivity index is 1.83. The molecule has 0 aliphatic carbocycles. The van der Waals surface area contributed by atoms with E-state index in [1.165, 1.54) is 30.6 Å². The van der Waals surface area contributed by atoms with Crippen molar-refractivity contribution in [3.8, 4) is 0 Å². The molecule has 24 heavy (non-hydrogen) atoms. The van der Waals surface area contributed by atoms with Crippen molar-refractivity contribution in [1.29, 1.82) is 0 Å². The Morgan fingerprint density at radius 2 is 2.21 bits per heavy atom. The van der Waals surface area contributed by atoms with Gasteiger partial charge in [-0.15, -0.1) is 11.3 Å². The molecule has 2 N–H and O–H groups in total. The van der Waals surface area contributed by atoms with Gasteiger partial charge in [0.25, 0.3) is 0 Å². The first kappa shape index (κ1) is 18.3. The van der Waals surface area contributed by atoms with Crippen molar-refractivity contribution in [3.63, 3.8) is 0 Å². The number of urea groups is 1. The van der Waals surface area contributed by atoms with E-state index < -0.39 is 6.03 Å². The minimum absolute atomic E-state index is 0.171. The molecule has 1 aromatic carbocycles. The maximum atomic E-state index is 13.2. The van der Waals surface area contributed by atoms with Gasteiger partial charge in [0, 0.05) is 22.8 Å². The highest BCUT2D eigenvalue weighted by molar-refractivity contribution is 9.10. The second-order valence-electron chi connectivity index (χ2n) is 4.76. The van der Waals surface area contributed by atoms with Gasteiger partial charge in [-0.3, -0.25) is 10.1 Å². The lowest BCUT2D eigenvalue weighted by atomic mass is 10.2. The number of methoxy groups -OCH3 is 1. The number of hydrogen-bond acceptors (Lipinski definition) is 5. The number of benzene rings is 1. The van der Waals surface area contributed by atoms with Crippen LogP contribution in [0, 0.1) is 5.82 Å². The molecule has 1 heterocycles. The van der Waals surface area contributed by atoms with E-state index in [4.69, 9.17) is 0 Å². The van der Waals surface area contributed by atoms with Crippen LogP contribution in [0.5, 0.6) is 0 Å². The standard InChI is InChI=1S/C15H15BrFN3O3S/c1-23-13(21)5-3-11-8-24-15(19-11)20-14(22)18-7-9-6-10(17)2-4-12(9)16/h2,4,6,8H,3,5,7H2,1H3,(H2,18,19,20,22). The largest absolute Gasteiger partial charge is 0.469 e. The SMILES string of the molecule is COC(=O)CCc1csc(NC(=O)NCc2cc(F)ccc2Br)n1. The molecule has 0 aliphatic rings. The molecule has 9 heteroatoms. The number of ether oxygens (including phenoxy) is 1. The van der Waals surface area contributed by atoms with Gasteiger partial charge in [-0.25, -0.2) is 14.2 Å². The highest BCUT2D eigenvalue weighted by atomic mass is 79.9. The summed E-state index contributed by atoms with van der Waals surface area (Å²) < 4.78 is 18.5. The van der Waals surface area contributed by atoms with Gasteiger partial charge in [-0.05, 0) is 23.8 Å². The third-order valence-electron chi connectivity index (χ3n) is 3.03. The second-order valence-corrected chi connectivity index (χ2v) is 6.48. The maximum absolute atomic E-state index is 13.2. The zero-order chi connectivity index (χ0) is 17.5. The van der Waals surface area contributed by atoms with Crippen molar-refractivity contribution in [2.45, 2.75) is 19.4 Å². The number of carbonyl (C=O) groups is 2. The van der Waals surface area contributed by atoms with Crippen molar-refractivity contribution < 1.29 is 18.7 Å². The Hall–Kier alpha value is -2.00. The quantitative estimate of drug-likeness (QED) is 0.707. The molecule has 0 atom stereocenters. The van der Waals surface area contributed by atoms with Crippen molar-refractivity contribution in [1.82, 2.24) is 10.3 Å². The molecule has 6 nitrogen and oxygen atoms in total. The van der Waals surface area contributed by atoms with Crippen LogP contribution >= 0.6 is 27.3 Å². The van der Waals surface area contributed by atoms with Crippen molar-refractivity contribution in [2.75, 3.05) is 12.4 Å². The van der Waals surface area contributed by atoms with Crippen LogP contribution in [0.2, 0.25) is 0 Å². The fraction of sp³-hybridized carbons (Fsp3) is 0.267. The molecule has 2 amide bonds. The van der Waals surface area contributed by atoms with E-state index >= 15 is 0 Å². The Labute approximate surface area is 150 Å². The van der Waals surface area contributed by atoms with Crippen molar-refractivity contribution in [3.05, 3.63) is 45.1 Å². The highest BCUT2D eigenvalue weighted by Gasteiger charge is 2.09. The van der Waals surface area contributed by atoms with Crippen LogP contribution in [-0.2, 0) is 22.5 Å². The molecule has 128 valence electrons. The van der Waals surface area contributed by atoms with Gasteiger partial charge < -0.3 is 10.1 Å². The molecule has 2 rings (SSSR count). The van der Waals surface area contributed by atoms with E-state index in [1.54, 1.807) is 11.4 Å². The lowest BCUT2D eigenvalue weighted by molar-refractivity contribution is -0.140. The number of anilines is 1. The molecule has 0 saturated carbocycles. The maximum Gasteiger partial charge on any atom is 0.321 e. The van der Waals surface area contributed by atoms with E-state index in [1.807, 2.05) is 0 Å². The Morgan fingerprint density at radius 3 is 2.96 bits per heavy atom. The van der Waals surface area contributed by atoms with Gasteiger partial charge >= 0.3 is 12.0 Å². The van der Waals surface area contributed by atoms with Crippen LogP contribution in [0.25, 0.3) is 0 Å². The van der Waals surface area contributed by atoms with Gasteiger partial charge in [0.1, 0.15) is 5.82 Å². The first-order valence-electron chi connectivity index (χ1n) is 6.98. The van der Waals surface area contributed by atoms with Crippen LogP contribution in [0.1, 0.15) is 17.7 Å². The van der Waals surface area contributed by atoms with Gasteiger partial charge in [0.15, 0.2) is 5.13 Å². The second kappa shape index (κ2) is 8.74. The van der Waals surface area contributed by atoms with Gasteiger partial charge in [0.2, 0.25) is 0 Å². The van der Waals surface area contributed by atoms with Crippen LogP contribution in [0.4, 0.5) is 14.3 Å². The molecule has 2 aromatic rings. The normalized spacial score (nSPS) is 10.3. The average molecular weight is 416 g/mol. The number of thiazole rings is 1. The van der Waals surface area contributed by atoms with Gasteiger partial charge in [0.05, 0.1) is 19.2 Å². The first-order valence-corrected chi connectivity index (χ1v) is 8.65. The minimum atomic E-state index is -0.444. The summed E-state index contributed by atoms with van der Waals surface area (Å²) in [6, 6.07) is 3.82. The number of halogens is 2.